The van der Waals surface area contributed by atoms with Crippen molar-refractivity contribution < 1.29 is 14.8 Å². The second kappa shape index (κ2) is 6.60. The van der Waals surface area contributed by atoms with Gasteiger partial charge in [0.05, 0.1) is 22.1 Å². The second-order valence-electron chi connectivity index (χ2n) is 4.98. The van der Waals surface area contributed by atoms with E-state index in [9.17, 15) is 20.0 Å². The van der Waals surface area contributed by atoms with E-state index in [2.05, 4.69) is 5.32 Å². The molecule has 0 radical (unpaired) electrons. The van der Waals surface area contributed by atoms with Crippen molar-refractivity contribution >= 4 is 34.8 Å². The van der Waals surface area contributed by atoms with Crippen LogP contribution in [0, 0.1) is 10.1 Å². The third-order valence-corrected chi connectivity index (χ3v) is 4.31. The molecule has 0 spiro atoms. The van der Waals surface area contributed by atoms with Gasteiger partial charge in [-0.15, -0.1) is 0 Å². The molecular formula is C13H14Cl2N2O4. The first-order chi connectivity index (χ1) is 9.90. The van der Waals surface area contributed by atoms with Gasteiger partial charge in [0, 0.05) is 11.6 Å². The van der Waals surface area contributed by atoms with Crippen LogP contribution in [0.15, 0.2) is 12.1 Å². The van der Waals surface area contributed by atoms with Crippen molar-refractivity contribution in [3.63, 3.8) is 0 Å². The first-order valence-electron chi connectivity index (χ1n) is 6.52. The molecule has 0 heterocycles. The number of nitro groups is 1. The summed E-state index contributed by atoms with van der Waals surface area (Å²) in [5, 5.41) is 23.1. The number of hydrogen-bond acceptors (Lipinski definition) is 4. The van der Waals surface area contributed by atoms with Crippen molar-refractivity contribution in [1.82, 2.24) is 5.32 Å². The van der Waals surface area contributed by atoms with Crippen LogP contribution in [0.25, 0.3) is 0 Å². The van der Waals surface area contributed by atoms with Gasteiger partial charge in [0.15, 0.2) is 0 Å². The van der Waals surface area contributed by atoms with E-state index in [1.165, 1.54) is 6.07 Å². The summed E-state index contributed by atoms with van der Waals surface area (Å²) >= 11 is 11.5. The molecule has 2 atom stereocenters. The zero-order valence-electron chi connectivity index (χ0n) is 11.0. The van der Waals surface area contributed by atoms with Crippen LogP contribution in [0.2, 0.25) is 10.0 Å². The van der Waals surface area contributed by atoms with Crippen LogP contribution in [0.1, 0.15) is 36.0 Å². The normalized spacial score (nSPS) is 21.9. The molecule has 21 heavy (non-hydrogen) atoms. The third kappa shape index (κ3) is 3.64. The lowest BCUT2D eigenvalue weighted by Gasteiger charge is -2.28. The van der Waals surface area contributed by atoms with E-state index in [4.69, 9.17) is 23.2 Å². The summed E-state index contributed by atoms with van der Waals surface area (Å²) in [6, 6.07) is 2.01. The first kappa shape index (κ1) is 16.0. The van der Waals surface area contributed by atoms with Crippen LogP contribution in [0.3, 0.4) is 0 Å². The van der Waals surface area contributed by atoms with Crippen molar-refractivity contribution in [3.05, 3.63) is 37.9 Å². The number of nitrogens with zero attached hydrogens (tertiary/aromatic N) is 1. The summed E-state index contributed by atoms with van der Waals surface area (Å²) < 4.78 is 0. The highest BCUT2D eigenvalue weighted by Gasteiger charge is 2.26. The molecule has 8 heteroatoms. The number of carbonyl (C=O) groups is 1. The summed E-state index contributed by atoms with van der Waals surface area (Å²) in [5.74, 6) is -0.511. The molecular weight excluding hydrogens is 319 g/mol. The zero-order valence-corrected chi connectivity index (χ0v) is 12.5. The second-order valence-corrected chi connectivity index (χ2v) is 5.77. The molecule has 1 fully saturated rings. The van der Waals surface area contributed by atoms with Crippen LogP contribution in [-0.4, -0.2) is 28.1 Å². The maximum atomic E-state index is 12.2. The number of aliphatic hydroxyl groups excluding tert-OH is 1. The van der Waals surface area contributed by atoms with E-state index >= 15 is 0 Å². The SMILES string of the molecule is O=C(N[C@H]1CCCC[C@@H]1O)c1cc(Cl)c(Cl)c([N+](=O)[O-])c1. The minimum absolute atomic E-state index is 0.0499. The molecule has 1 aromatic carbocycles. The van der Waals surface area contributed by atoms with E-state index in [0.717, 1.165) is 18.9 Å². The van der Waals surface area contributed by atoms with Crippen molar-refractivity contribution in [2.24, 2.45) is 0 Å². The van der Waals surface area contributed by atoms with Gasteiger partial charge >= 0.3 is 0 Å². The van der Waals surface area contributed by atoms with E-state index < -0.39 is 22.6 Å². The van der Waals surface area contributed by atoms with Gasteiger partial charge < -0.3 is 10.4 Å². The van der Waals surface area contributed by atoms with Crippen LogP contribution in [0.4, 0.5) is 5.69 Å². The average Bonchev–Trinajstić information content (AvgIpc) is 2.43. The maximum absolute atomic E-state index is 12.2. The predicted octanol–water partition coefficient (Wildman–Crippen LogP) is 2.93. The Morgan fingerprint density at radius 2 is 2.00 bits per heavy atom. The molecule has 2 rings (SSSR count). The molecule has 1 aliphatic carbocycles. The van der Waals surface area contributed by atoms with E-state index in [-0.39, 0.29) is 21.7 Å². The minimum Gasteiger partial charge on any atom is -0.391 e. The monoisotopic (exact) mass is 332 g/mol. The number of amides is 1. The topological polar surface area (TPSA) is 92.5 Å². The quantitative estimate of drug-likeness (QED) is 0.657. The Kier molecular flexibility index (Phi) is 5.03. The van der Waals surface area contributed by atoms with Gasteiger partial charge in [-0.2, -0.15) is 0 Å². The van der Waals surface area contributed by atoms with Crippen molar-refractivity contribution in [1.29, 1.82) is 0 Å². The Balaban J connectivity index is 2.21. The van der Waals surface area contributed by atoms with E-state index in [0.29, 0.717) is 12.8 Å². The average molecular weight is 333 g/mol. The Bertz CT molecular complexity index is 580. The Morgan fingerprint density at radius 1 is 1.33 bits per heavy atom. The van der Waals surface area contributed by atoms with Crippen LogP contribution in [-0.2, 0) is 0 Å². The van der Waals surface area contributed by atoms with Crippen molar-refractivity contribution in [2.45, 2.75) is 37.8 Å². The largest absolute Gasteiger partial charge is 0.391 e. The molecule has 2 N–H and O–H groups in total. The number of rotatable bonds is 3. The number of carbonyl (C=O) groups excluding carboxylic acids is 1. The number of aliphatic hydroxyl groups is 1. The van der Waals surface area contributed by atoms with Gasteiger partial charge in [0.25, 0.3) is 11.6 Å². The van der Waals surface area contributed by atoms with Gasteiger partial charge in [0.1, 0.15) is 5.02 Å². The summed E-state index contributed by atoms with van der Waals surface area (Å²) in [5.41, 5.74) is -0.368. The van der Waals surface area contributed by atoms with Crippen molar-refractivity contribution in [3.8, 4) is 0 Å². The lowest BCUT2D eigenvalue weighted by atomic mass is 9.92. The molecule has 1 saturated carbocycles. The lowest BCUT2D eigenvalue weighted by molar-refractivity contribution is -0.384. The van der Waals surface area contributed by atoms with Crippen LogP contribution < -0.4 is 5.32 Å². The van der Waals surface area contributed by atoms with Crippen LogP contribution >= 0.6 is 23.2 Å². The Labute approximate surface area is 131 Å². The number of nitro benzene ring substituents is 1. The van der Waals surface area contributed by atoms with Gasteiger partial charge in [-0.1, -0.05) is 36.0 Å². The Hall–Kier alpha value is -1.37. The standard InChI is InChI=1S/C13H14Cl2N2O4/c14-8-5-7(6-10(12(8)15)17(20)21)13(19)16-9-3-1-2-4-11(9)18/h5-6,9,11,18H,1-4H2,(H,16,19)/t9-,11-/m0/s1. The summed E-state index contributed by atoms with van der Waals surface area (Å²) in [7, 11) is 0. The fourth-order valence-electron chi connectivity index (χ4n) is 2.37. The number of hydrogen-bond donors (Lipinski definition) is 2. The molecule has 0 unspecified atom stereocenters. The molecule has 114 valence electrons. The fraction of sp³-hybridized carbons (Fsp3) is 0.462. The molecule has 1 aromatic rings. The highest BCUT2D eigenvalue weighted by molar-refractivity contribution is 6.43. The first-order valence-corrected chi connectivity index (χ1v) is 7.28. The van der Waals surface area contributed by atoms with E-state index in [1.807, 2.05) is 0 Å². The van der Waals surface area contributed by atoms with E-state index in [1.54, 1.807) is 0 Å². The smallest absolute Gasteiger partial charge is 0.290 e. The molecule has 0 aliphatic heterocycles. The third-order valence-electron chi connectivity index (χ3n) is 3.51. The summed E-state index contributed by atoms with van der Waals surface area (Å²) in [6.45, 7) is 0. The lowest BCUT2D eigenvalue weighted by Crippen LogP contribution is -2.45. The van der Waals surface area contributed by atoms with Gasteiger partial charge in [0.2, 0.25) is 0 Å². The highest BCUT2D eigenvalue weighted by Crippen LogP contribution is 2.33. The summed E-state index contributed by atoms with van der Waals surface area (Å²) in [6.07, 6.45) is 2.55. The number of halogens is 2. The molecule has 1 aliphatic rings. The molecule has 0 bridgehead atoms. The number of nitrogens with one attached hydrogen (secondary N) is 1. The fourth-order valence-corrected chi connectivity index (χ4v) is 2.76. The minimum atomic E-state index is -0.694. The van der Waals surface area contributed by atoms with Gasteiger partial charge in [-0.25, -0.2) is 0 Å². The maximum Gasteiger partial charge on any atom is 0.290 e. The van der Waals surface area contributed by atoms with Gasteiger partial charge in [-0.3, -0.25) is 14.9 Å². The van der Waals surface area contributed by atoms with Gasteiger partial charge in [-0.05, 0) is 18.9 Å². The predicted molar refractivity (Wildman–Crippen MR) is 78.8 cm³/mol. The van der Waals surface area contributed by atoms with Crippen LogP contribution in [0.5, 0.6) is 0 Å². The molecule has 0 saturated heterocycles. The highest BCUT2D eigenvalue weighted by atomic mass is 35.5. The van der Waals surface area contributed by atoms with Crippen molar-refractivity contribution in [2.75, 3.05) is 0 Å². The molecule has 1 amide bonds. The summed E-state index contributed by atoms with van der Waals surface area (Å²) in [4.78, 5) is 22.3. The number of benzene rings is 1. The molecule has 6 nitrogen and oxygen atoms in total. The molecule has 0 aromatic heterocycles. The Morgan fingerprint density at radius 3 is 2.62 bits per heavy atom. The zero-order chi connectivity index (χ0) is 15.6.